The zero-order valence-corrected chi connectivity index (χ0v) is 26.9. The normalized spacial score (nSPS) is 18.8. The number of fused-ring (bicyclic) bond motifs is 8. The van der Waals surface area contributed by atoms with Crippen LogP contribution in [0.3, 0.4) is 0 Å². The Balaban J connectivity index is 1.80. The zero-order valence-electron chi connectivity index (χ0n) is 26.2. The summed E-state index contributed by atoms with van der Waals surface area (Å²) in [5.41, 5.74) is 11.8. The summed E-state index contributed by atoms with van der Waals surface area (Å²) in [5, 5.41) is 0. The van der Waals surface area contributed by atoms with E-state index in [0.717, 1.165) is 67.9 Å². The monoisotopic (exact) mass is 626 g/mol. The van der Waals surface area contributed by atoms with E-state index in [-0.39, 0.29) is 24.0 Å². The van der Waals surface area contributed by atoms with Crippen LogP contribution in [0.2, 0.25) is 0 Å². The van der Waals surface area contributed by atoms with Crippen LogP contribution >= 0.6 is 11.9 Å². The summed E-state index contributed by atoms with van der Waals surface area (Å²) in [6.45, 7) is 14.2. The second-order valence-electron chi connectivity index (χ2n) is 11.9. The molecule has 2 aliphatic heterocycles. The van der Waals surface area contributed by atoms with Gasteiger partial charge in [0.15, 0.2) is 5.78 Å². The van der Waals surface area contributed by atoms with Gasteiger partial charge in [0.2, 0.25) is 0 Å². The number of aromatic amines is 2. The lowest BCUT2D eigenvalue weighted by Crippen LogP contribution is -2.21. The Bertz CT molecular complexity index is 2020. The number of aromatic nitrogens is 4. The van der Waals surface area contributed by atoms with Crippen LogP contribution in [0.4, 0.5) is 0 Å². The predicted octanol–water partition coefficient (Wildman–Crippen LogP) is 7.73. The fraction of sp³-hybridized carbons (Fsp3) is 0.343. The van der Waals surface area contributed by atoms with Crippen LogP contribution in [0.15, 0.2) is 24.8 Å². The molecule has 232 valence electrons. The molecule has 0 saturated carbocycles. The third-order valence-corrected chi connectivity index (χ3v) is 9.82. The Morgan fingerprint density at radius 3 is 2.42 bits per heavy atom. The predicted molar refractivity (Wildman–Crippen MR) is 175 cm³/mol. The minimum Gasteiger partial charge on any atom is -0.468 e. The number of hydrogen-bond donors (Lipinski definition) is 2. The van der Waals surface area contributed by atoms with E-state index in [4.69, 9.17) is 26.6 Å². The first kappa shape index (κ1) is 30.5. The second-order valence-corrected chi connectivity index (χ2v) is 12.1. The van der Waals surface area contributed by atoms with Gasteiger partial charge in [-0.3, -0.25) is 19.4 Å². The summed E-state index contributed by atoms with van der Waals surface area (Å²) in [7, 11) is 1.27. The van der Waals surface area contributed by atoms with Crippen molar-refractivity contribution in [3.8, 4) is 0 Å². The summed E-state index contributed by atoms with van der Waals surface area (Å²) >= 11 is 5.38. The number of H-pyrrole nitrogens is 2. The summed E-state index contributed by atoms with van der Waals surface area (Å²) < 4.78 is 9.59. The Labute approximate surface area is 265 Å². The van der Waals surface area contributed by atoms with E-state index < -0.39 is 17.9 Å². The summed E-state index contributed by atoms with van der Waals surface area (Å²) in [6, 6.07) is 6.02. The van der Waals surface area contributed by atoms with Gasteiger partial charge in [0.1, 0.15) is 17.8 Å². The van der Waals surface area contributed by atoms with Crippen LogP contribution in [0.1, 0.15) is 113 Å². The number of nitrogens with zero attached hydrogens (tertiary/aromatic N) is 2. The lowest BCUT2D eigenvalue weighted by Gasteiger charge is -2.18. The number of hydrogen-bond acceptors (Lipinski definition) is 7. The number of allylic oxidation sites excluding steroid dienone is 2. The van der Waals surface area contributed by atoms with Gasteiger partial charge in [-0.15, -0.1) is 0 Å². The number of carbonyl (C=O) groups excluding carboxylic acids is 3. The fourth-order valence-electron chi connectivity index (χ4n) is 7.12. The van der Waals surface area contributed by atoms with E-state index in [1.54, 1.807) is 0 Å². The molecule has 2 N–H and O–H groups in total. The Kier molecular flexibility index (Phi) is 7.77. The number of ether oxygens (including phenoxy) is 1. The number of esters is 1. The molecule has 1 unspecified atom stereocenters. The van der Waals surface area contributed by atoms with Crippen LogP contribution in [0.25, 0.3) is 39.3 Å². The summed E-state index contributed by atoms with van der Waals surface area (Å²) in [6.07, 6.45) is 2.99. The fourth-order valence-corrected chi connectivity index (χ4v) is 7.20. The molecule has 0 radical (unpaired) electrons. The number of aryl methyl sites for hydroxylation is 2. The maximum atomic E-state index is 14.0. The van der Waals surface area contributed by atoms with Crippen LogP contribution in [0, 0.1) is 13.8 Å². The molecule has 45 heavy (non-hydrogen) atoms. The molecule has 3 aliphatic rings. The number of methoxy groups -OCH3 is 1. The van der Waals surface area contributed by atoms with Crippen molar-refractivity contribution in [2.45, 2.75) is 71.6 Å². The maximum Gasteiger partial charge on any atom is 0.324 e. The van der Waals surface area contributed by atoms with Gasteiger partial charge in [0.25, 0.3) is 0 Å². The van der Waals surface area contributed by atoms with Gasteiger partial charge in [0.05, 0.1) is 29.7 Å². The standard InChI is InChI=1S/C35H35ClN4O5/c1-8-19-15(3)22-12-24-17(5)21(10-11-28(41)45-36)32(39-24)30-31(35(43)44-7)34(42)29-18(6)25(40-33(29)30)14-27-20(9-2)16(4)23(38-27)13-26(19)37-22/h8,12-14,17,21,31,37,40H,1,9-11H2,2-7H3/t17-,21-,31?/m0/s1. The van der Waals surface area contributed by atoms with Crippen molar-refractivity contribution in [3.63, 3.8) is 0 Å². The van der Waals surface area contributed by atoms with Crippen LogP contribution < -0.4 is 0 Å². The van der Waals surface area contributed by atoms with Crippen LogP contribution in [-0.4, -0.2) is 44.8 Å². The van der Waals surface area contributed by atoms with E-state index >= 15 is 0 Å². The molecule has 0 fully saturated rings. The molecule has 9 nitrogen and oxygen atoms in total. The van der Waals surface area contributed by atoms with Crippen molar-refractivity contribution < 1.29 is 23.4 Å². The Morgan fingerprint density at radius 2 is 1.76 bits per heavy atom. The first-order chi connectivity index (χ1) is 21.5. The van der Waals surface area contributed by atoms with Gasteiger partial charge >= 0.3 is 11.9 Å². The van der Waals surface area contributed by atoms with Crippen molar-refractivity contribution in [1.82, 2.24) is 19.9 Å². The Hall–Kier alpha value is -4.50. The van der Waals surface area contributed by atoms with Gasteiger partial charge in [-0.25, -0.2) is 4.98 Å². The minimum atomic E-state index is -1.19. The third-order valence-electron chi connectivity index (χ3n) is 9.65. The Morgan fingerprint density at radius 1 is 1.04 bits per heavy atom. The number of halogens is 1. The number of nitrogens with one attached hydrogen (secondary N) is 2. The topological polar surface area (TPSA) is 127 Å². The molecule has 3 atom stereocenters. The number of rotatable bonds is 6. The molecule has 10 heteroatoms. The number of carbonyl (C=O) groups is 3. The lowest BCUT2D eigenvalue weighted by atomic mass is 9.84. The molecule has 8 bridgehead atoms. The molecule has 0 spiro atoms. The first-order valence-corrected chi connectivity index (χ1v) is 15.4. The van der Waals surface area contributed by atoms with Crippen LogP contribution in [-0.2, 0) is 18.6 Å². The van der Waals surface area contributed by atoms with Crippen molar-refractivity contribution in [1.29, 1.82) is 0 Å². The van der Waals surface area contributed by atoms with Gasteiger partial charge in [-0.2, -0.15) is 0 Å². The largest absolute Gasteiger partial charge is 0.468 e. The van der Waals surface area contributed by atoms with Gasteiger partial charge in [0, 0.05) is 57.2 Å². The smallest absolute Gasteiger partial charge is 0.324 e. The van der Waals surface area contributed by atoms with E-state index in [0.29, 0.717) is 28.8 Å². The number of ketones is 1. The van der Waals surface area contributed by atoms with Crippen molar-refractivity contribution in [2.75, 3.05) is 7.11 Å². The van der Waals surface area contributed by atoms with Crippen molar-refractivity contribution in [3.05, 3.63) is 75.4 Å². The molecule has 6 rings (SSSR count). The highest BCUT2D eigenvalue weighted by Crippen LogP contribution is 2.48. The third kappa shape index (κ3) is 4.72. The molecule has 0 aromatic carbocycles. The molecule has 3 aromatic heterocycles. The SMILES string of the molecule is C=Cc1c(C)c2cc3nc(c4c5[nH]c(cc6nc(cc1[nH]2)C(C)=C6CC)c(C)c5C(=O)C4C(=O)OC)[C@@H](CCC(=O)OCl)[C@@H]3C. The van der Waals surface area contributed by atoms with Gasteiger partial charge in [-0.1, -0.05) is 26.5 Å². The maximum absolute atomic E-state index is 14.0. The molecular formula is C35H35ClN4O5. The highest BCUT2D eigenvalue weighted by Gasteiger charge is 2.45. The van der Waals surface area contributed by atoms with E-state index in [2.05, 4.69) is 40.8 Å². The van der Waals surface area contributed by atoms with Crippen molar-refractivity contribution in [2.24, 2.45) is 0 Å². The van der Waals surface area contributed by atoms with Crippen LogP contribution in [0.5, 0.6) is 0 Å². The summed E-state index contributed by atoms with van der Waals surface area (Å²) in [5.74, 6) is -3.23. The van der Waals surface area contributed by atoms with E-state index in [1.165, 1.54) is 7.11 Å². The lowest BCUT2D eigenvalue weighted by molar-refractivity contribution is -0.141. The minimum absolute atomic E-state index is 0.0374. The first-order valence-electron chi connectivity index (χ1n) is 15.1. The van der Waals surface area contributed by atoms with Gasteiger partial charge < -0.3 is 19.0 Å². The highest BCUT2D eigenvalue weighted by molar-refractivity contribution is 6.23. The van der Waals surface area contributed by atoms with E-state index in [9.17, 15) is 14.4 Å². The molecule has 0 saturated heterocycles. The second kappa shape index (κ2) is 11.5. The zero-order chi connectivity index (χ0) is 32.3. The highest BCUT2D eigenvalue weighted by atomic mass is 35.5. The van der Waals surface area contributed by atoms with E-state index in [1.807, 2.05) is 39.0 Å². The van der Waals surface area contributed by atoms with Gasteiger partial charge in [-0.05, 0) is 74.1 Å². The molecule has 5 heterocycles. The van der Waals surface area contributed by atoms with Crippen molar-refractivity contribution >= 4 is 68.9 Å². The number of Topliss-reactive ketones (excluding diaryl/α,β-unsaturated/α-hetero) is 1. The summed E-state index contributed by atoms with van der Waals surface area (Å²) in [4.78, 5) is 56.6. The molecule has 3 aromatic rings. The average Bonchev–Trinajstić information content (AvgIpc) is 3.76. The average molecular weight is 627 g/mol. The molecular weight excluding hydrogens is 592 g/mol. The molecule has 0 amide bonds. The quantitative estimate of drug-likeness (QED) is 0.212. The molecule has 1 aliphatic carbocycles.